The summed E-state index contributed by atoms with van der Waals surface area (Å²) in [4.78, 5) is 31.4. The molecular formula is C20H18N2O2. The number of rotatable bonds is 2. The summed E-state index contributed by atoms with van der Waals surface area (Å²) in [7, 11) is 0. The summed E-state index contributed by atoms with van der Waals surface area (Å²) in [6, 6.07) is 13.6. The second kappa shape index (κ2) is 6.04. The van der Waals surface area contributed by atoms with Gasteiger partial charge in [0.2, 0.25) is 5.91 Å². The molecule has 0 bridgehead atoms. The van der Waals surface area contributed by atoms with Gasteiger partial charge in [-0.05, 0) is 30.5 Å². The number of Topliss-reactive ketones (excluding diaryl/α,β-unsaturated/α-hetero) is 1. The van der Waals surface area contributed by atoms with Crippen molar-refractivity contribution >= 4 is 17.4 Å². The molecule has 1 atom stereocenters. The number of benzene rings is 1. The Morgan fingerprint density at radius 1 is 1.00 bits per heavy atom. The summed E-state index contributed by atoms with van der Waals surface area (Å²) in [6.07, 6.45) is 5.81. The number of pyridine rings is 1. The second-order valence-corrected chi connectivity index (χ2v) is 6.24. The van der Waals surface area contributed by atoms with Crippen LogP contribution < -0.4 is 4.90 Å². The van der Waals surface area contributed by atoms with Gasteiger partial charge in [0, 0.05) is 36.2 Å². The van der Waals surface area contributed by atoms with E-state index in [2.05, 4.69) is 4.98 Å². The van der Waals surface area contributed by atoms with Crippen LogP contribution in [0.1, 0.15) is 37.2 Å². The van der Waals surface area contributed by atoms with Crippen LogP contribution >= 0.6 is 0 Å². The third-order valence-corrected chi connectivity index (χ3v) is 4.78. The number of allylic oxidation sites excluding steroid dienone is 2. The fraction of sp³-hybridized carbons (Fsp3) is 0.250. The van der Waals surface area contributed by atoms with E-state index >= 15 is 0 Å². The van der Waals surface area contributed by atoms with E-state index in [1.807, 2.05) is 42.5 Å². The minimum atomic E-state index is -0.130. The molecule has 4 rings (SSSR count). The molecule has 1 aromatic carbocycles. The van der Waals surface area contributed by atoms with Crippen molar-refractivity contribution in [3.63, 3.8) is 0 Å². The van der Waals surface area contributed by atoms with Gasteiger partial charge in [-0.2, -0.15) is 0 Å². The maximum Gasteiger partial charge on any atom is 0.232 e. The minimum absolute atomic E-state index is 0.0327. The molecule has 2 aliphatic rings. The van der Waals surface area contributed by atoms with Crippen molar-refractivity contribution in [3.8, 4) is 0 Å². The van der Waals surface area contributed by atoms with Crippen LogP contribution in [0.25, 0.3) is 0 Å². The number of nitrogens with zero attached hydrogens (tertiary/aromatic N) is 2. The number of carbonyl (C=O) groups excluding carboxylic acids is 2. The Balaban J connectivity index is 1.87. The molecule has 2 heterocycles. The first-order valence-corrected chi connectivity index (χ1v) is 8.30. The number of anilines is 1. The summed E-state index contributed by atoms with van der Waals surface area (Å²) in [5.41, 5.74) is 3.47. The van der Waals surface area contributed by atoms with E-state index in [9.17, 15) is 9.59 Å². The normalized spacial score (nSPS) is 21.0. The molecule has 4 nitrogen and oxygen atoms in total. The summed E-state index contributed by atoms with van der Waals surface area (Å²) in [5.74, 6) is 0.0752. The van der Waals surface area contributed by atoms with Crippen LogP contribution in [0.15, 0.2) is 66.1 Å². The maximum absolute atomic E-state index is 12.9. The summed E-state index contributed by atoms with van der Waals surface area (Å²) in [6.45, 7) is 0. The molecule has 1 amide bonds. The standard InChI is InChI=1S/C20H18N2O2/c23-18-10-4-9-17-20(18)16(14-6-2-1-3-7-14)12-19(24)22(17)15-8-5-11-21-13-15/h1-3,5-8,11,13,16H,4,9-10,12H2. The first-order valence-electron chi connectivity index (χ1n) is 8.30. The number of carbonyl (C=O) groups is 2. The Bertz CT molecular complexity index is 812. The number of amides is 1. The molecule has 1 unspecified atom stereocenters. The topological polar surface area (TPSA) is 50.3 Å². The Hall–Kier alpha value is -2.75. The van der Waals surface area contributed by atoms with E-state index < -0.39 is 0 Å². The molecular weight excluding hydrogens is 300 g/mol. The van der Waals surface area contributed by atoms with Gasteiger partial charge in [0.1, 0.15) is 0 Å². The fourth-order valence-corrected chi connectivity index (χ4v) is 3.75. The fourth-order valence-electron chi connectivity index (χ4n) is 3.75. The summed E-state index contributed by atoms with van der Waals surface area (Å²) in [5, 5.41) is 0. The molecule has 0 radical (unpaired) electrons. The Labute approximate surface area is 140 Å². The molecule has 0 saturated heterocycles. The Morgan fingerprint density at radius 3 is 2.58 bits per heavy atom. The highest BCUT2D eigenvalue weighted by Gasteiger charge is 2.39. The van der Waals surface area contributed by atoms with E-state index in [0.29, 0.717) is 12.8 Å². The largest absolute Gasteiger partial charge is 0.294 e. The van der Waals surface area contributed by atoms with E-state index in [4.69, 9.17) is 0 Å². The number of hydrogen-bond acceptors (Lipinski definition) is 3. The molecule has 120 valence electrons. The first kappa shape index (κ1) is 14.8. The molecule has 0 fully saturated rings. The lowest BCUT2D eigenvalue weighted by Gasteiger charge is -2.38. The molecule has 1 aromatic heterocycles. The Morgan fingerprint density at radius 2 is 1.83 bits per heavy atom. The quantitative estimate of drug-likeness (QED) is 0.850. The van der Waals surface area contributed by atoms with Crippen LogP contribution in [0.5, 0.6) is 0 Å². The predicted molar refractivity (Wildman–Crippen MR) is 91.4 cm³/mol. The molecule has 0 saturated carbocycles. The summed E-state index contributed by atoms with van der Waals surface area (Å²) < 4.78 is 0. The Kier molecular flexibility index (Phi) is 3.73. The summed E-state index contributed by atoms with van der Waals surface area (Å²) >= 11 is 0. The third kappa shape index (κ3) is 2.44. The van der Waals surface area contributed by atoms with Gasteiger partial charge >= 0.3 is 0 Å². The van der Waals surface area contributed by atoms with Gasteiger partial charge in [-0.1, -0.05) is 30.3 Å². The lowest BCUT2D eigenvalue weighted by molar-refractivity contribution is -0.119. The molecule has 0 spiro atoms. The average Bonchev–Trinajstić information content (AvgIpc) is 2.62. The predicted octanol–water partition coefficient (Wildman–Crippen LogP) is 3.61. The van der Waals surface area contributed by atoms with Crippen molar-refractivity contribution in [2.75, 3.05) is 4.90 Å². The molecule has 24 heavy (non-hydrogen) atoms. The second-order valence-electron chi connectivity index (χ2n) is 6.24. The van der Waals surface area contributed by atoms with Crippen LogP contribution in [-0.2, 0) is 9.59 Å². The van der Waals surface area contributed by atoms with Gasteiger partial charge in [-0.3, -0.25) is 19.5 Å². The molecule has 1 aliphatic heterocycles. The van der Waals surface area contributed by atoms with Crippen molar-refractivity contribution in [2.45, 2.75) is 31.6 Å². The zero-order valence-electron chi connectivity index (χ0n) is 13.3. The number of ketones is 1. The van der Waals surface area contributed by atoms with E-state index in [-0.39, 0.29) is 17.6 Å². The van der Waals surface area contributed by atoms with Gasteiger partial charge in [-0.15, -0.1) is 0 Å². The SMILES string of the molecule is O=C1CCCC2=C1C(c1ccccc1)CC(=O)N2c1cccnc1. The van der Waals surface area contributed by atoms with Crippen molar-refractivity contribution in [3.05, 3.63) is 71.7 Å². The minimum Gasteiger partial charge on any atom is -0.294 e. The van der Waals surface area contributed by atoms with Gasteiger partial charge in [0.15, 0.2) is 5.78 Å². The van der Waals surface area contributed by atoms with Crippen molar-refractivity contribution < 1.29 is 9.59 Å². The van der Waals surface area contributed by atoms with Crippen LogP contribution in [0.2, 0.25) is 0 Å². The number of aromatic nitrogens is 1. The lowest BCUT2D eigenvalue weighted by Crippen LogP contribution is -2.40. The highest BCUT2D eigenvalue weighted by atomic mass is 16.2. The zero-order valence-corrected chi connectivity index (χ0v) is 13.3. The van der Waals surface area contributed by atoms with Crippen LogP contribution in [0.3, 0.4) is 0 Å². The monoisotopic (exact) mass is 318 g/mol. The zero-order chi connectivity index (χ0) is 16.5. The smallest absolute Gasteiger partial charge is 0.232 e. The maximum atomic E-state index is 12.9. The van der Waals surface area contributed by atoms with Crippen LogP contribution in [-0.4, -0.2) is 16.7 Å². The third-order valence-electron chi connectivity index (χ3n) is 4.78. The van der Waals surface area contributed by atoms with E-state index in [1.165, 1.54) is 0 Å². The molecule has 4 heteroatoms. The molecule has 1 aliphatic carbocycles. The number of hydrogen-bond donors (Lipinski definition) is 0. The highest BCUT2D eigenvalue weighted by Crippen LogP contribution is 2.42. The van der Waals surface area contributed by atoms with Crippen LogP contribution in [0.4, 0.5) is 5.69 Å². The van der Waals surface area contributed by atoms with Crippen molar-refractivity contribution in [2.24, 2.45) is 0 Å². The molecule has 0 N–H and O–H groups in total. The average molecular weight is 318 g/mol. The first-order chi connectivity index (χ1) is 11.8. The van der Waals surface area contributed by atoms with Gasteiger partial charge < -0.3 is 0 Å². The van der Waals surface area contributed by atoms with E-state index in [0.717, 1.165) is 35.4 Å². The molecule has 2 aromatic rings. The van der Waals surface area contributed by atoms with Gasteiger partial charge in [0.25, 0.3) is 0 Å². The van der Waals surface area contributed by atoms with Crippen LogP contribution in [0, 0.1) is 0 Å². The van der Waals surface area contributed by atoms with Crippen molar-refractivity contribution in [1.29, 1.82) is 0 Å². The van der Waals surface area contributed by atoms with Crippen molar-refractivity contribution in [1.82, 2.24) is 4.98 Å². The van der Waals surface area contributed by atoms with Gasteiger partial charge in [-0.25, -0.2) is 0 Å². The highest BCUT2D eigenvalue weighted by molar-refractivity contribution is 6.07. The van der Waals surface area contributed by atoms with E-state index in [1.54, 1.807) is 17.3 Å². The lowest BCUT2D eigenvalue weighted by atomic mass is 9.77. The van der Waals surface area contributed by atoms with Gasteiger partial charge in [0.05, 0.1) is 11.9 Å².